The van der Waals surface area contributed by atoms with Crippen LogP contribution in [0, 0.1) is 5.92 Å². The van der Waals surface area contributed by atoms with Gasteiger partial charge in [-0.15, -0.1) is 0 Å². The maximum absolute atomic E-state index is 6.05. The van der Waals surface area contributed by atoms with Crippen LogP contribution in [0.25, 0.3) is 0 Å². The Morgan fingerprint density at radius 2 is 2.18 bits per heavy atom. The van der Waals surface area contributed by atoms with E-state index in [0.29, 0.717) is 0 Å². The second kappa shape index (κ2) is 2.65. The summed E-state index contributed by atoms with van der Waals surface area (Å²) in [6, 6.07) is 0. The molecule has 0 aliphatic heterocycles. The van der Waals surface area contributed by atoms with Crippen LogP contribution in [-0.4, -0.2) is 5.54 Å². The normalized spacial score (nSPS) is 38.1. The predicted molar refractivity (Wildman–Crippen MR) is 49.4 cm³/mol. The molecule has 0 aromatic heterocycles. The van der Waals surface area contributed by atoms with Gasteiger partial charge in [0, 0.05) is 16.5 Å². The molecule has 0 saturated carbocycles. The molecule has 0 aromatic carbocycles. The Balaban J connectivity index is 3.01. The summed E-state index contributed by atoms with van der Waals surface area (Å²) in [4.78, 5) is 0. The molecule has 62 valence electrons. The van der Waals surface area contributed by atoms with Crippen molar-refractivity contribution in [2.45, 2.75) is 26.3 Å². The average molecular weight is 172 g/mol. The SMILES string of the molecule is CC1=C(Cl)C(C)C(C)(N)C=C1. The lowest BCUT2D eigenvalue weighted by atomic mass is 9.82. The topological polar surface area (TPSA) is 26.0 Å². The van der Waals surface area contributed by atoms with E-state index in [1.807, 2.05) is 26.0 Å². The summed E-state index contributed by atoms with van der Waals surface area (Å²) in [5.74, 6) is 0.231. The zero-order chi connectivity index (χ0) is 8.65. The first kappa shape index (κ1) is 8.82. The first-order valence-corrected chi connectivity index (χ1v) is 4.17. The Bertz CT molecular complexity index is 226. The molecule has 0 spiro atoms. The quantitative estimate of drug-likeness (QED) is 0.595. The van der Waals surface area contributed by atoms with Crippen molar-refractivity contribution < 1.29 is 0 Å². The summed E-state index contributed by atoms with van der Waals surface area (Å²) in [7, 11) is 0. The first-order chi connectivity index (χ1) is 4.95. The molecular weight excluding hydrogens is 158 g/mol. The summed E-state index contributed by atoms with van der Waals surface area (Å²) in [6.07, 6.45) is 4.00. The summed E-state index contributed by atoms with van der Waals surface area (Å²) in [6.45, 7) is 6.04. The smallest absolute Gasteiger partial charge is 0.0389 e. The van der Waals surface area contributed by atoms with E-state index in [1.165, 1.54) is 0 Å². The molecule has 0 amide bonds. The second-order valence-electron chi connectivity index (χ2n) is 3.45. The standard InChI is InChI=1S/C9H14ClN/c1-6-4-5-9(3,11)7(2)8(6)10/h4-5,7H,11H2,1-3H3. The lowest BCUT2D eigenvalue weighted by Crippen LogP contribution is -2.42. The van der Waals surface area contributed by atoms with E-state index < -0.39 is 0 Å². The van der Waals surface area contributed by atoms with Crippen LogP contribution in [0.3, 0.4) is 0 Å². The Morgan fingerprint density at radius 1 is 1.64 bits per heavy atom. The molecule has 0 fully saturated rings. The maximum Gasteiger partial charge on any atom is 0.0389 e. The second-order valence-corrected chi connectivity index (χ2v) is 3.86. The van der Waals surface area contributed by atoms with E-state index in [0.717, 1.165) is 10.6 Å². The van der Waals surface area contributed by atoms with Crippen LogP contribution in [0.5, 0.6) is 0 Å². The summed E-state index contributed by atoms with van der Waals surface area (Å²) in [5.41, 5.74) is 6.81. The van der Waals surface area contributed by atoms with Gasteiger partial charge in [0.15, 0.2) is 0 Å². The van der Waals surface area contributed by atoms with E-state index in [2.05, 4.69) is 6.92 Å². The van der Waals surface area contributed by atoms with Crippen molar-refractivity contribution in [2.24, 2.45) is 11.7 Å². The third-order valence-corrected chi connectivity index (χ3v) is 3.01. The zero-order valence-corrected chi connectivity index (χ0v) is 7.94. The predicted octanol–water partition coefficient (Wildman–Crippen LogP) is 2.42. The van der Waals surface area contributed by atoms with Crippen LogP contribution in [-0.2, 0) is 0 Å². The highest BCUT2D eigenvalue weighted by Gasteiger charge is 2.29. The maximum atomic E-state index is 6.05. The van der Waals surface area contributed by atoms with Crippen LogP contribution in [0.1, 0.15) is 20.8 Å². The van der Waals surface area contributed by atoms with E-state index in [9.17, 15) is 0 Å². The highest BCUT2D eigenvalue weighted by Crippen LogP contribution is 2.33. The van der Waals surface area contributed by atoms with Gasteiger partial charge in [0.2, 0.25) is 0 Å². The number of hydrogen-bond donors (Lipinski definition) is 1. The fraction of sp³-hybridized carbons (Fsp3) is 0.556. The van der Waals surface area contributed by atoms with Crippen molar-refractivity contribution in [1.82, 2.24) is 0 Å². The molecule has 1 rings (SSSR count). The molecule has 0 saturated heterocycles. The van der Waals surface area contributed by atoms with Gasteiger partial charge in [-0.3, -0.25) is 0 Å². The number of halogens is 1. The van der Waals surface area contributed by atoms with E-state index in [4.69, 9.17) is 17.3 Å². The Hall–Kier alpha value is -0.270. The van der Waals surface area contributed by atoms with Gasteiger partial charge >= 0.3 is 0 Å². The van der Waals surface area contributed by atoms with Crippen LogP contribution in [0.2, 0.25) is 0 Å². The highest BCUT2D eigenvalue weighted by atomic mass is 35.5. The van der Waals surface area contributed by atoms with Crippen LogP contribution < -0.4 is 5.73 Å². The van der Waals surface area contributed by atoms with Crippen LogP contribution in [0.4, 0.5) is 0 Å². The lowest BCUT2D eigenvalue weighted by molar-refractivity contribution is 0.445. The first-order valence-electron chi connectivity index (χ1n) is 3.79. The number of hydrogen-bond acceptors (Lipinski definition) is 1. The molecule has 2 unspecified atom stereocenters. The molecule has 0 aromatic rings. The summed E-state index contributed by atoms with van der Waals surface area (Å²) in [5, 5.41) is 0.887. The number of allylic oxidation sites excluding steroid dienone is 2. The van der Waals surface area contributed by atoms with E-state index >= 15 is 0 Å². The Morgan fingerprint density at radius 3 is 2.64 bits per heavy atom. The minimum Gasteiger partial charge on any atom is -0.322 e. The highest BCUT2D eigenvalue weighted by molar-refractivity contribution is 6.30. The van der Waals surface area contributed by atoms with E-state index in [1.54, 1.807) is 0 Å². The van der Waals surface area contributed by atoms with Gasteiger partial charge in [-0.05, 0) is 19.4 Å². The molecule has 2 N–H and O–H groups in total. The van der Waals surface area contributed by atoms with E-state index in [-0.39, 0.29) is 11.5 Å². The largest absolute Gasteiger partial charge is 0.322 e. The molecule has 2 atom stereocenters. The van der Waals surface area contributed by atoms with Crippen LogP contribution >= 0.6 is 11.6 Å². The third kappa shape index (κ3) is 1.49. The third-order valence-electron chi connectivity index (χ3n) is 2.38. The molecule has 0 bridgehead atoms. The molecule has 0 heterocycles. The Kier molecular flexibility index (Phi) is 2.13. The monoisotopic (exact) mass is 171 g/mol. The zero-order valence-electron chi connectivity index (χ0n) is 7.19. The minimum absolute atomic E-state index is 0.231. The van der Waals surface area contributed by atoms with Gasteiger partial charge in [-0.1, -0.05) is 30.7 Å². The van der Waals surface area contributed by atoms with Gasteiger partial charge in [0.05, 0.1) is 0 Å². The van der Waals surface area contributed by atoms with Gasteiger partial charge in [0.25, 0.3) is 0 Å². The lowest BCUT2D eigenvalue weighted by Gasteiger charge is -2.32. The average Bonchev–Trinajstić information content (AvgIpc) is 1.95. The van der Waals surface area contributed by atoms with Crippen molar-refractivity contribution in [3.05, 3.63) is 22.8 Å². The molecule has 11 heavy (non-hydrogen) atoms. The van der Waals surface area contributed by atoms with Gasteiger partial charge in [-0.25, -0.2) is 0 Å². The summed E-state index contributed by atoms with van der Waals surface area (Å²) < 4.78 is 0. The van der Waals surface area contributed by atoms with Crippen molar-refractivity contribution >= 4 is 11.6 Å². The Labute approximate surface area is 72.9 Å². The molecule has 1 aliphatic rings. The van der Waals surface area contributed by atoms with Crippen molar-refractivity contribution in [3.8, 4) is 0 Å². The van der Waals surface area contributed by atoms with Gasteiger partial charge < -0.3 is 5.73 Å². The molecule has 1 aliphatic carbocycles. The van der Waals surface area contributed by atoms with Crippen molar-refractivity contribution in [2.75, 3.05) is 0 Å². The van der Waals surface area contributed by atoms with Crippen LogP contribution in [0.15, 0.2) is 22.8 Å². The molecule has 1 nitrogen and oxygen atoms in total. The van der Waals surface area contributed by atoms with Crippen molar-refractivity contribution in [3.63, 3.8) is 0 Å². The fourth-order valence-electron chi connectivity index (χ4n) is 1.14. The fourth-order valence-corrected chi connectivity index (χ4v) is 1.44. The van der Waals surface area contributed by atoms with Gasteiger partial charge in [-0.2, -0.15) is 0 Å². The molecular formula is C9H14ClN. The summed E-state index contributed by atoms with van der Waals surface area (Å²) >= 11 is 6.05. The number of nitrogens with two attached hydrogens (primary N) is 1. The number of rotatable bonds is 0. The minimum atomic E-state index is -0.281. The van der Waals surface area contributed by atoms with Crippen molar-refractivity contribution in [1.29, 1.82) is 0 Å². The van der Waals surface area contributed by atoms with Gasteiger partial charge in [0.1, 0.15) is 0 Å². The molecule has 2 heteroatoms. The molecule has 0 radical (unpaired) electrons.